The van der Waals surface area contributed by atoms with Gasteiger partial charge in [-0.15, -0.1) is 0 Å². The molecule has 1 aliphatic carbocycles. The highest BCUT2D eigenvalue weighted by molar-refractivity contribution is 6.30. The van der Waals surface area contributed by atoms with Crippen molar-refractivity contribution in [3.8, 4) is 0 Å². The molecule has 0 bridgehead atoms. The molecule has 5 rings (SSSR count). The third kappa shape index (κ3) is 2.96. The van der Waals surface area contributed by atoms with Crippen molar-refractivity contribution in [3.05, 3.63) is 59.1 Å². The van der Waals surface area contributed by atoms with Gasteiger partial charge < -0.3 is 9.80 Å². The van der Waals surface area contributed by atoms with Gasteiger partial charge in [-0.2, -0.15) is 0 Å². The molecule has 0 N–H and O–H groups in total. The van der Waals surface area contributed by atoms with Crippen LogP contribution in [0.15, 0.2) is 48.5 Å². The minimum absolute atomic E-state index is 0.112. The molecule has 1 atom stereocenters. The van der Waals surface area contributed by atoms with Crippen LogP contribution in [0, 0.1) is 10.8 Å². The van der Waals surface area contributed by atoms with Gasteiger partial charge in [0.1, 0.15) is 17.0 Å². The fourth-order valence-corrected chi connectivity index (χ4v) is 5.92. The molecule has 2 heterocycles. The molecule has 1 saturated carbocycles. The molecule has 2 aromatic rings. The number of rotatable bonds is 1. The summed E-state index contributed by atoms with van der Waals surface area (Å²) in [5.74, 6) is 0.224. The number of carbonyl (C=O) groups excluding carboxylic acids is 2. The molecule has 2 aliphatic heterocycles. The third-order valence-electron chi connectivity index (χ3n) is 7.17. The minimum atomic E-state index is -0.957. The maximum Gasteiger partial charge on any atom is 0.149 e. The van der Waals surface area contributed by atoms with E-state index in [4.69, 9.17) is 11.6 Å². The Morgan fingerprint density at radius 2 is 1.67 bits per heavy atom. The van der Waals surface area contributed by atoms with Crippen molar-refractivity contribution in [2.24, 2.45) is 10.8 Å². The maximum absolute atomic E-state index is 13.7. The topological polar surface area (TPSA) is 40.6 Å². The van der Waals surface area contributed by atoms with Crippen LogP contribution < -0.4 is 9.80 Å². The first kappa shape index (κ1) is 19.6. The number of benzene rings is 2. The number of fused-ring (bicyclic) bond motifs is 4. The Morgan fingerprint density at radius 3 is 2.40 bits per heavy atom. The van der Waals surface area contributed by atoms with E-state index < -0.39 is 5.41 Å². The number of ketones is 2. The first-order chi connectivity index (χ1) is 14.3. The van der Waals surface area contributed by atoms with Gasteiger partial charge >= 0.3 is 0 Å². The molecule has 2 aromatic carbocycles. The first-order valence-corrected chi connectivity index (χ1v) is 11.1. The van der Waals surface area contributed by atoms with Crippen molar-refractivity contribution < 1.29 is 9.59 Å². The van der Waals surface area contributed by atoms with Gasteiger partial charge in [-0.25, -0.2) is 0 Å². The number of halogens is 1. The Bertz CT molecular complexity index is 1010. The molecule has 2 fully saturated rings. The largest absolute Gasteiger partial charge is 0.368 e. The Hall–Kier alpha value is -2.33. The maximum atomic E-state index is 13.7. The molecular formula is C25H27ClN2O2. The number of anilines is 2. The fraction of sp³-hybridized carbons (Fsp3) is 0.440. The molecule has 30 heavy (non-hydrogen) atoms. The van der Waals surface area contributed by atoms with Gasteiger partial charge in [-0.3, -0.25) is 9.59 Å². The molecule has 4 nitrogen and oxygen atoms in total. The van der Waals surface area contributed by atoms with Crippen molar-refractivity contribution in [1.82, 2.24) is 0 Å². The Morgan fingerprint density at radius 1 is 0.933 bits per heavy atom. The lowest BCUT2D eigenvalue weighted by atomic mass is 9.56. The van der Waals surface area contributed by atoms with E-state index in [1.807, 2.05) is 44.2 Å². The van der Waals surface area contributed by atoms with Gasteiger partial charge in [-0.1, -0.05) is 49.7 Å². The summed E-state index contributed by atoms with van der Waals surface area (Å²) in [4.78, 5) is 32.0. The average Bonchev–Trinajstić information content (AvgIpc) is 2.71. The Labute approximate surface area is 182 Å². The summed E-state index contributed by atoms with van der Waals surface area (Å²) in [5.41, 5.74) is 2.12. The Balaban J connectivity index is 1.60. The van der Waals surface area contributed by atoms with E-state index in [0.717, 1.165) is 24.3 Å². The van der Waals surface area contributed by atoms with E-state index in [0.29, 0.717) is 30.8 Å². The minimum Gasteiger partial charge on any atom is -0.368 e. The summed E-state index contributed by atoms with van der Waals surface area (Å²) < 4.78 is 0. The number of Topliss-reactive ketones (excluding diaryl/α,β-unsaturated/α-hetero) is 2. The lowest BCUT2D eigenvalue weighted by Gasteiger charge is -2.56. The number of carbonyl (C=O) groups is 2. The van der Waals surface area contributed by atoms with Gasteiger partial charge in [0.25, 0.3) is 0 Å². The van der Waals surface area contributed by atoms with Crippen molar-refractivity contribution >= 4 is 34.5 Å². The van der Waals surface area contributed by atoms with Gasteiger partial charge in [0.2, 0.25) is 0 Å². The van der Waals surface area contributed by atoms with Crippen molar-refractivity contribution in [2.45, 2.75) is 39.2 Å². The van der Waals surface area contributed by atoms with Gasteiger partial charge in [0, 0.05) is 48.9 Å². The van der Waals surface area contributed by atoms with Crippen LogP contribution in [-0.4, -0.2) is 37.2 Å². The molecule has 0 radical (unpaired) electrons. The molecule has 5 heteroatoms. The summed E-state index contributed by atoms with van der Waals surface area (Å²) in [6, 6.07) is 16.0. The fourth-order valence-electron chi connectivity index (χ4n) is 5.73. The predicted molar refractivity (Wildman–Crippen MR) is 120 cm³/mol. The molecular weight excluding hydrogens is 396 g/mol. The number of piperazine rings is 1. The van der Waals surface area contributed by atoms with Crippen molar-refractivity contribution in [1.29, 1.82) is 0 Å². The van der Waals surface area contributed by atoms with Crippen LogP contribution in [0.2, 0.25) is 5.02 Å². The summed E-state index contributed by atoms with van der Waals surface area (Å²) in [5, 5.41) is 0.699. The predicted octanol–water partition coefficient (Wildman–Crippen LogP) is 4.54. The zero-order chi connectivity index (χ0) is 21.1. The number of hydrogen-bond donors (Lipinski definition) is 0. The van der Waals surface area contributed by atoms with E-state index >= 15 is 0 Å². The molecule has 0 aromatic heterocycles. The smallest absolute Gasteiger partial charge is 0.149 e. The van der Waals surface area contributed by atoms with Crippen LogP contribution in [0.4, 0.5) is 11.4 Å². The number of para-hydroxylation sites is 1. The van der Waals surface area contributed by atoms with E-state index in [1.54, 1.807) is 0 Å². The van der Waals surface area contributed by atoms with Crippen LogP contribution in [0.3, 0.4) is 0 Å². The molecule has 156 valence electrons. The SMILES string of the molecule is CC1(C)CC(=O)C2(Cc3ccccc3N3CCN(c4cccc(Cl)c4)CC32)C(=O)C1. The zero-order valence-electron chi connectivity index (χ0n) is 17.5. The van der Waals surface area contributed by atoms with Crippen LogP contribution >= 0.6 is 11.6 Å². The third-order valence-corrected chi connectivity index (χ3v) is 7.40. The molecule has 1 saturated heterocycles. The van der Waals surface area contributed by atoms with Gasteiger partial charge in [-0.05, 0) is 41.7 Å². The second kappa shape index (κ2) is 6.84. The van der Waals surface area contributed by atoms with Crippen LogP contribution in [0.25, 0.3) is 0 Å². The summed E-state index contributed by atoms with van der Waals surface area (Å²) in [7, 11) is 0. The number of nitrogens with zero attached hydrogens (tertiary/aromatic N) is 2. The normalized spacial score (nSPS) is 24.6. The van der Waals surface area contributed by atoms with Crippen LogP contribution in [-0.2, 0) is 16.0 Å². The molecule has 1 spiro atoms. The standard InChI is InChI=1S/C25H27ClN2O2/c1-24(2)14-22(29)25(23(30)15-24)13-17-6-3-4-9-20(17)28-11-10-27(16-21(25)28)19-8-5-7-18(26)12-19/h3-9,12,21H,10-11,13-16H2,1-2H3. The molecule has 0 amide bonds. The van der Waals surface area contributed by atoms with E-state index in [9.17, 15) is 9.59 Å². The highest BCUT2D eigenvalue weighted by atomic mass is 35.5. The van der Waals surface area contributed by atoms with Crippen molar-refractivity contribution in [2.75, 3.05) is 29.4 Å². The molecule has 3 aliphatic rings. The summed E-state index contributed by atoms with van der Waals surface area (Å²) in [6.07, 6.45) is 1.44. The second-order valence-corrected chi connectivity index (χ2v) is 10.2. The monoisotopic (exact) mass is 422 g/mol. The number of hydrogen-bond acceptors (Lipinski definition) is 4. The van der Waals surface area contributed by atoms with E-state index in [1.165, 1.54) is 5.69 Å². The highest BCUT2D eigenvalue weighted by Crippen LogP contribution is 2.50. The Kier molecular flexibility index (Phi) is 4.48. The van der Waals surface area contributed by atoms with Gasteiger partial charge in [0.15, 0.2) is 0 Å². The van der Waals surface area contributed by atoms with Crippen molar-refractivity contribution in [3.63, 3.8) is 0 Å². The lowest BCUT2D eigenvalue weighted by Crippen LogP contribution is -2.69. The molecule has 1 unspecified atom stereocenters. The highest BCUT2D eigenvalue weighted by Gasteiger charge is 2.60. The average molecular weight is 423 g/mol. The summed E-state index contributed by atoms with van der Waals surface area (Å²) in [6.45, 7) is 6.31. The van der Waals surface area contributed by atoms with E-state index in [-0.39, 0.29) is 23.0 Å². The second-order valence-electron chi connectivity index (χ2n) is 9.78. The van der Waals surface area contributed by atoms with Crippen LogP contribution in [0.5, 0.6) is 0 Å². The van der Waals surface area contributed by atoms with E-state index in [2.05, 4.69) is 28.0 Å². The first-order valence-electron chi connectivity index (χ1n) is 10.7. The lowest BCUT2D eigenvalue weighted by molar-refractivity contribution is -0.150. The van der Waals surface area contributed by atoms with Crippen LogP contribution in [0.1, 0.15) is 32.3 Å². The van der Waals surface area contributed by atoms with Gasteiger partial charge in [0.05, 0.1) is 6.04 Å². The summed E-state index contributed by atoms with van der Waals surface area (Å²) >= 11 is 6.24. The quantitative estimate of drug-likeness (QED) is 0.633. The zero-order valence-corrected chi connectivity index (χ0v) is 18.3.